The Morgan fingerprint density at radius 2 is 1.40 bits per heavy atom. The highest BCUT2D eigenvalue weighted by molar-refractivity contribution is 7.89. The molecule has 0 radical (unpaired) electrons. The van der Waals surface area contributed by atoms with Crippen LogP contribution in [0.1, 0.15) is 29.5 Å². The molecule has 0 bridgehead atoms. The van der Waals surface area contributed by atoms with E-state index in [1.54, 1.807) is 27.8 Å². The Hall–Kier alpha value is -3.78. The summed E-state index contributed by atoms with van der Waals surface area (Å²) in [7, 11) is -3.55. The van der Waals surface area contributed by atoms with Crippen LogP contribution >= 0.6 is 11.3 Å². The minimum atomic E-state index is -3.55. The van der Waals surface area contributed by atoms with E-state index in [4.69, 9.17) is 4.99 Å². The molecule has 0 N–H and O–H groups in total. The van der Waals surface area contributed by atoms with Crippen LogP contribution in [-0.4, -0.2) is 30.4 Å². The second-order valence-corrected chi connectivity index (χ2v) is 13.9. The summed E-state index contributed by atoms with van der Waals surface area (Å²) < 4.78 is 30.9. The van der Waals surface area contributed by atoms with Crippen molar-refractivity contribution in [3.63, 3.8) is 0 Å². The fraction of sp³-hybridized carbons (Fsp3) is 0.229. The van der Waals surface area contributed by atoms with Crippen molar-refractivity contribution >= 4 is 27.0 Å². The minimum Gasteiger partial charge on any atom is -0.285 e. The molecule has 214 valence electrons. The molecule has 1 aromatic heterocycles. The lowest BCUT2D eigenvalue weighted by Gasteiger charge is -2.31. The SMILES string of the molecule is Cc1ccc(N=c2scc(-c3ccc(S(=O)(=O)N4CCC(Cc5ccccc5)CC4)cc3)n2-c2ccc(C)cc2)cc1. The van der Waals surface area contributed by atoms with Crippen LogP contribution in [-0.2, 0) is 16.4 Å². The Morgan fingerprint density at radius 1 is 0.786 bits per heavy atom. The number of thiazole rings is 1. The highest BCUT2D eigenvalue weighted by Crippen LogP contribution is 2.29. The van der Waals surface area contributed by atoms with Gasteiger partial charge in [-0.25, -0.2) is 13.4 Å². The first-order valence-electron chi connectivity index (χ1n) is 14.4. The molecule has 1 fully saturated rings. The molecule has 5 aromatic rings. The second kappa shape index (κ2) is 12.2. The number of piperidine rings is 1. The molecule has 5 nitrogen and oxygen atoms in total. The molecule has 6 rings (SSSR count). The number of hydrogen-bond donors (Lipinski definition) is 0. The maximum atomic E-state index is 13.6. The van der Waals surface area contributed by atoms with Crippen LogP contribution in [0.25, 0.3) is 16.9 Å². The summed E-state index contributed by atoms with van der Waals surface area (Å²) in [5.41, 5.74) is 7.52. The van der Waals surface area contributed by atoms with E-state index < -0.39 is 10.0 Å². The topological polar surface area (TPSA) is 54.7 Å². The number of benzene rings is 4. The summed E-state index contributed by atoms with van der Waals surface area (Å²) in [5.74, 6) is 0.511. The van der Waals surface area contributed by atoms with Gasteiger partial charge in [0.05, 0.1) is 16.3 Å². The molecule has 4 aromatic carbocycles. The smallest absolute Gasteiger partial charge is 0.243 e. The van der Waals surface area contributed by atoms with Gasteiger partial charge in [0.2, 0.25) is 10.0 Å². The lowest BCUT2D eigenvalue weighted by molar-refractivity contribution is 0.273. The second-order valence-electron chi connectivity index (χ2n) is 11.1. The average molecular weight is 594 g/mol. The number of sulfonamides is 1. The quantitative estimate of drug-likeness (QED) is 0.194. The fourth-order valence-electron chi connectivity index (χ4n) is 5.51. The van der Waals surface area contributed by atoms with Gasteiger partial charge in [0, 0.05) is 24.2 Å². The van der Waals surface area contributed by atoms with Crippen LogP contribution in [0.2, 0.25) is 0 Å². The summed E-state index contributed by atoms with van der Waals surface area (Å²) >= 11 is 1.57. The van der Waals surface area contributed by atoms with Gasteiger partial charge in [-0.1, -0.05) is 77.9 Å². The van der Waals surface area contributed by atoms with Crippen LogP contribution in [0.3, 0.4) is 0 Å². The van der Waals surface area contributed by atoms with Gasteiger partial charge in [0.25, 0.3) is 0 Å². The maximum Gasteiger partial charge on any atom is 0.243 e. The number of aryl methyl sites for hydroxylation is 2. The van der Waals surface area contributed by atoms with Gasteiger partial charge in [-0.15, -0.1) is 11.3 Å². The van der Waals surface area contributed by atoms with E-state index in [0.29, 0.717) is 23.9 Å². The van der Waals surface area contributed by atoms with E-state index in [-0.39, 0.29) is 0 Å². The van der Waals surface area contributed by atoms with Crippen LogP contribution < -0.4 is 4.80 Å². The first-order chi connectivity index (χ1) is 20.4. The fourth-order valence-corrected chi connectivity index (χ4v) is 7.91. The first kappa shape index (κ1) is 28.3. The Balaban J connectivity index is 1.26. The van der Waals surface area contributed by atoms with Crippen molar-refractivity contribution in [2.24, 2.45) is 10.9 Å². The molecular weight excluding hydrogens is 559 g/mol. The van der Waals surface area contributed by atoms with Gasteiger partial charge in [-0.3, -0.25) is 4.57 Å². The molecule has 0 spiro atoms. The number of nitrogens with zero attached hydrogens (tertiary/aromatic N) is 3. The van der Waals surface area contributed by atoms with Crippen LogP contribution in [0.15, 0.2) is 118 Å². The molecule has 42 heavy (non-hydrogen) atoms. The van der Waals surface area contributed by atoms with Crippen molar-refractivity contribution < 1.29 is 8.42 Å². The molecular formula is C35H35N3O2S2. The molecule has 7 heteroatoms. The van der Waals surface area contributed by atoms with Crippen molar-refractivity contribution in [2.75, 3.05) is 13.1 Å². The predicted molar refractivity (Wildman–Crippen MR) is 172 cm³/mol. The summed E-state index contributed by atoms with van der Waals surface area (Å²) in [4.78, 5) is 6.15. The molecule has 1 aliphatic rings. The minimum absolute atomic E-state index is 0.342. The summed E-state index contributed by atoms with van der Waals surface area (Å²) in [6, 6.07) is 34.4. The Labute approximate surface area is 252 Å². The van der Waals surface area contributed by atoms with E-state index >= 15 is 0 Å². The van der Waals surface area contributed by atoms with Crippen LogP contribution in [0.4, 0.5) is 5.69 Å². The van der Waals surface area contributed by atoms with E-state index in [1.165, 1.54) is 16.7 Å². The molecule has 0 atom stereocenters. The van der Waals surface area contributed by atoms with Crippen molar-refractivity contribution in [2.45, 2.75) is 38.0 Å². The van der Waals surface area contributed by atoms with Crippen molar-refractivity contribution in [3.8, 4) is 16.9 Å². The summed E-state index contributed by atoms with van der Waals surface area (Å²) in [6.07, 6.45) is 2.76. The Kier molecular flexibility index (Phi) is 8.24. The highest BCUT2D eigenvalue weighted by atomic mass is 32.2. The number of rotatable bonds is 7. The van der Waals surface area contributed by atoms with E-state index in [0.717, 1.165) is 46.7 Å². The van der Waals surface area contributed by atoms with E-state index in [2.05, 4.69) is 84.5 Å². The molecule has 1 saturated heterocycles. The highest BCUT2D eigenvalue weighted by Gasteiger charge is 2.29. The maximum absolute atomic E-state index is 13.6. The van der Waals surface area contributed by atoms with Gasteiger partial charge < -0.3 is 0 Å². The summed E-state index contributed by atoms with van der Waals surface area (Å²) in [6.45, 7) is 5.26. The Morgan fingerprint density at radius 3 is 2.05 bits per heavy atom. The van der Waals surface area contributed by atoms with Crippen LogP contribution in [0, 0.1) is 19.8 Å². The third kappa shape index (κ3) is 6.19. The van der Waals surface area contributed by atoms with Crippen molar-refractivity contribution in [1.29, 1.82) is 0 Å². The van der Waals surface area contributed by atoms with Gasteiger partial charge >= 0.3 is 0 Å². The zero-order chi connectivity index (χ0) is 29.1. The van der Waals surface area contributed by atoms with E-state index in [1.807, 2.05) is 30.3 Å². The molecule has 0 unspecified atom stereocenters. The molecule has 0 amide bonds. The van der Waals surface area contributed by atoms with Gasteiger partial charge in [-0.05, 0) is 86.6 Å². The third-order valence-electron chi connectivity index (χ3n) is 7.99. The van der Waals surface area contributed by atoms with Crippen LogP contribution in [0.5, 0.6) is 0 Å². The predicted octanol–water partition coefficient (Wildman–Crippen LogP) is 7.70. The lowest BCUT2D eigenvalue weighted by atomic mass is 9.91. The summed E-state index contributed by atoms with van der Waals surface area (Å²) in [5, 5.41) is 2.09. The third-order valence-corrected chi connectivity index (χ3v) is 10.7. The first-order valence-corrected chi connectivity index (χ1v) is 16.7. The lowest BCUT2D eigenvalue weighted by Crippen LogP contribution is -2.38. The van der Waals surface area contributed by atoms with E-state index in [9.17, 15) is 8.42 Å². The number of hydrogen-bond acceptors (Lipinski definition) is 4. The zero-order valence-corrected chi connectivity index (χ0v) is 25.6. The van der Waals surface area contributed by atoms with Gasteiger partial charge in [-0.2, -0.15) is 4.31 Å². The molecule has 2 heterocycles. The molecule has 0 aliphatic carbocycles. The normalized spacial score (nSPS) is 15.2. The number of aromatic nitrogens is 1. The van der Waals surface area contributed by atoms with Crippen molar-refractivity contribution in [3.05, 3.63) is 130 Å². The molecule has 1 aliphatic heterocycles. The largest absolute Gasteiger partial charge is 0.285 e. The average Bonchev–Trinajstić information content (AvgIpc) is 3.43. The van der Waals surface area contributed by atoms with Gasteiger partial charge in [0.15, 0.2) is 4.80 Å². The molecule has 0 saturated carbocycles. The monoisotopic (exact) mass is 593 g/mol. The zero-order valence-electron chi connectivity index (χ0n) is 24.0. The Bertz CT molecular complexity index is 1810. The van der Waals surface area contributed by atoms with Gasteiger partial charge in [0.1, 0.15) is 0 Å². The van der Waals surface area contributed by atoms with Crippen molar-refractivity contribution in [1.82, 2.24) is 8.87 Å². The standard InChI is InChI=1S/C35H35N3O2S2/c1-26-8-14-31(15-9-26)36-35-38(32-16-10-27(2)11-17-32)34(25-41-35)30-12-18-33(19-13-30)42(39,40)37-22-20-29(21-23-37)24-28-6-4-3-5-7-28/h3-19,25,29H,20-24H2,1-2H3.